The molecule has 0 N–H and O–H groups in total. The molecule has 0 aromatic rings. The van der Waals surface area contributed by atoms with Crippen LogP contribution in [0.5, 0.6) is 0 Å². The van der Waals surface area contributed by atoms with Crippen LogP contribution in [0.4, 0.5) is 4.39 Å². The second-order valence-corrected chi connectivity index (χ2v) is 3.74. The lowest BCUT2D eigenvalue weighted by atomic mass is 9.95. The number of hydrogen-bond acceptors (Lipinski definition) is 2. The minimum Gasteiger partial charge on any atom is -0.297 e. The third-order valence-corrected chi connectivity index (χ3v) is 2.93. The highest BCUT2D eigenvalue weighted by Gasteiger charge is 2.46. The first-order valence-electron chi connectivity index (χ1n) is 4.42. The number of fused-ring (bicyclic) bond motifs is 2. The van der Waals surface area contributed by atoms with Crippen molar-refractivity contribution in [3.8, 4) is 0 Å². The lowest BCUT2D eigenvalue weighted by Crippen LogP contribution is -2.26. The standard InChI is InChI=1S/C9H12FNO/c1-5(10)11-8-6-2-3-7(4-6)9(8)12/h6-8H,2-4H2,1H3. The third-order valence-electron chi connectivity index (χ3n) is 2.93. The Kier molecular flexibility index (Phi) is 1.74. The SMILES string of the molecule is CC(F)=NC1C(=O)C2CCC1C2. The molecule has 0 heterocycles. The zero-order valence-corrected chi connectivity index (χ0v) is 7.09. The summed E-state index contributed by atoms with van der Waals surface area (Å²) in [5.41, 5.74) is 0. The summed E-state index contributed by atoms with van der Waals surface area (Å²) < 4.78 is 12.4. The smallest absolute Gasteiger partial charge is 0.182 e. The summed E-state index contributed by atoms with van der Waals surface area (Å²) in [6.07, 6.45) is 3.00. The average molecular weight is 169 g/mol. The minimum absolute atomic E-state index is 0.170. The molecule has 2 rings (SSSR count). The van der Waals surface area contributed by atoms with Crippen molar-refractivity contribution < 1.29 is 9.18 Å². The lowest BCUT2D eigenvalue weighted by molar-refractivity contribution is -0.122. The molecule has 0 saturated heterocycles. The van der Waals surface area contributed by atoms with E-state index in [0.717, 1.165) is 19.3 Å². The van der Waals surface area contributed by atoms with E-state index in [1.54, 1.807) is 0 Å². The number of nitrogens with zero attached hydrogens (tertiary/aromatic N) is 1. The van der Waals surface area contributed by atoms with E-state index in [0.29, 0.717) is 5.92 Å². The molecule has 2 saturated carbocycles. The Balaban J connectivity index is 2.18. The fourth-order valence-electron chi connectivity index (χ4n) is 2.40. The van der Waals surface area contributed by atoms with Crippen molar-refractivity contribution in [2.24, 2.45) is 16.8 Å². The highest BCUT2D eigenvalue weighted by Crippen LogP contribution is 2.43. The van der Waals surface area contributed by atoms with Crippen LogP contribution < -0.4 is 0 Å². The zero-order valence-electron chi connectivity index (χ0n) is 7.09. The molecule has 3 atom stereocenters. The minimum atomic E-state index is -0.457. The summed E-state index contributed by atoms with van der Waals surface area (Å²) in [5, 5.41) is 0. The van der Waals surface area contributed by atoms with Gasteiger partial charge in [0.15, 0.2) is 11.7 Å². The second-order valence-electron chi connectivity index (χ2n) is 3.74. The van der Waals surface area contributed by atoms with Gasteiger partial charge in [0.05, 0.1) is 0 Å². The summed E-state index contributed by atoms with van der Waals surface area (Å²) in [5.74, 6) is 0.250. The van der Waals surface area contributed by atoms with Gasteiger partial charge in [-0.1, -0.05) is 0 Å². The van der Waals surface area contributed by atoms with E-state index in [1.807, 2.05) is 0 Å². The number of ketones is 1. The van der Waals surface area contributed by atoms with Crippen molar-refractivity contribution in [2.75, 3.05) is 0 Å². The molecule has 0 spiro atoms. The Labute approximate surface area is 70.9 Å². The fourth-order valence-corrected chi connectivity index (χ4v) is 2.40. The molecule has 2 fully saturated rings. The lowest BCUT2D eigenvalue weighted by Gasteiger charge is -2.15. The number of carbonyl (C=O) groups excluding carboxylic acids is 1. The predicted octanol–water partition coefficient (Wildman–Crippen LogP) is 1.74. The first kappa shape index (κ1) is 7.90. The third kappa shape index (κ3) is 1.08. The van der Waals surface area contributed by atoms with Crippen molar-refractivity contribution >= 4 is 11.7 Å². The van der Waals surface area contributed by atoms with E-state index in [2.05, 4.69) is 4.99 Å². The van der Waals surface area contributed by atoms with Crippen LogP contribution in [0, 0.1) is 11.8 Å². The van der Waals surface area contributed by atoms with Crippen molar-refractivity contribution in [1.82, 2.24) is 0 Å². The second kappa shape index (κ2) is 2.64. The Morgan fingerprint density at radius 3 is 2.83 bits per heavy atom. The molecule has 2 bridgehead atoms. The van der Waals surface area contributed by atoms with Crippen LogP contribution in [-0.4, -0.2) is 17.8 Å². The van der Waals surface area contributed by atoms with Crippen molar-refractivity contribution in [3.05, 3.63) is 0 Å². The van der Waals surface area contributed by atoms with Crippen molar-refractivity contribution in [2.45, 2.75) is 32.2 Å². The number of rotatable bonds is 1. The molecule has 0 radical (unpaired) electrons. The first-order chi connectivity index (χ1) is 5.68. The Hall–Kier alpha value is -0.730. The molecule has 12 heavy (non-hydrogen) atoms. The molecule has 0 aromatic heterocycles. The summed E-state index contributed by atoms with van der Waals surface area (Å²) in [4.78, 5) is 15.2. The largest absolute Gasteiger partial charge is 0.297 e. The summed E-state index contributed by atoms with van der Waals surface area (Å²) in [6, 6.07) is -0.339. The number of carbonyl (C=O) groups is 1. The van der Waals surface area contributed by atoms with Crippen LogP contribution in [0.2, 0.25) is 0 Å². The van der Waals surface area contributed by atoms with Crippen molar-refractivity contribution in [3.63, 3.8) is 0 Å². The van der Waals surface area contributed by atoms with Crippen LogP contribution >= 0.6 is 0 Å². The van der Waals surface area contributed by atoms with Gasteiger partial charge >= 0.3 is 0 Å². The maximum atomic E-state index is 12.4. The average Bonchev–Trinajstić information content (AvgIpc) is 2.53. The molecule has 2 aliphatic rings. The van der Waals surface area contributed by atoms with Gasteiger partial charge in [0.1, 0.15) is 6.04 Å². The first-order valence-corrected chi connectivity index (χ1v) is 4.42. The van der Waals surface area contributed by atoms with E-state index in [1.165, 1.54) is 6.92 Å². The van der Waals surface area contributed by atoms with Gasteiger partial charge in [-0.15, -0.1) is 0 Å². The molecule has 3 unspecified atom stereocenters. The molecular formula is C9H12FNO. The van der Waals surface area contributed by atoms with Crippen LogP contribution in [0.25, 0.3) is 0 Å². The van der Waals surface area contributed by atoms with Crippen LogP contribution in [-0.2, 0) is 4.79 Å². The van der Waals surface area contributed by atoms with E-state index in [-0.39, 0.29) is 17.7 Å². The van der Waals surface area contributed by atoms with Crippen LogP contribution in [0.15, 0.2) is 4.99 Å². The monoisotopic (exact) mass is 169 g/mol. The van der Waals surface area contributed by atoms with E-state index in [9.17, 15) is 9.18 Å². The van der Waals surface area contributed by atoms with Gasteiger partial charge in [-0.05, 0) is 25.2 Å². The molecule has 3 heteroatoms. The Morgan fingerprint density at radius 1 is 1.58 bits per heavy atom. The maximum absolute atomic E-state index is 12.4. The molecule has 0 aliphatic heterocycles. The van der Waals surface area contributed by atoms with Crippen LogP contribution in [0.3, 0.4) is 0 Å². The fraction of sp³-hybridized carbons (Fsp3) is 0.778. The van der Waals surface area contributed by atoms with Gasteiger partial charge in [0.25, 0.3) is 0 Å². The summed E-state index contributed by atoms with van der Waals surface area (Å²) in [6.45, 7) is 1.30. The van der Waals surface area contributed by atoms with Gasteiger partial charge in [-0.2, -0.15) is 4.39 Å². The molecule has 0 aromatic carbocycles. The van der Waals surface area contributed by atoms with E-state index < -0.39 is 5.97 Å². The summed E-state index contributed by atoms with van der Waals surface area (Å²) in [7, 11) is 0. The molecular weight excluding hydrogens is 157 g/mol. The quantitative estimate of drug-likeness (QED) is 0.550. The Bertz CT molecular complexity index is 245. The highest BCUT2D eigenvalue weighted by atomic mass is 19.1. The van der Waals surface area contributed by atoms with Crippen LogP contribution in [0.1, 0.15) is 26.2 Å². The topological polar surface area (TPSA) is 29.4 Å². The van der Waals surface area contributed by atoms with Gasteiger partial charge in [0.2, 0.25) is 0 Å². The van der Waals surface area contributed by atoms with Gasteiger partial charge in [0, 0.05) is 12.8 Å². The number of hydrogen-bond donors (Lipinski definition) is 0. The number of Topliss-reactive ketones (excluding diaryl/α,β-unsaturated/α-hetero) is 1. The van der Waals surface area contributed by atoms with Gasteiger partial charge in [-0.3, -0.25) is 9.79 Å². The highest BCUT2D eigenvalue weighted by molar-refractivity contribution is 5.91. The maximum Gasteiger partial charge on any atom is 0.182 e. The molecule has 2 nitrogen and oxygen atoms in total. The molecule has 66 valence electrons. The Morgan fingerprint density at radius 2 is 2.33 bits per heavy atom. The van der Waals surface area contributed by atoms with E-state index >= 15 is 0 Å². The normalized spacial score (nSPS) is 41.0. The van der Waals surface area contributed by atoms with Crippen molar-refractivity contribution in [1.29, 1.82) is 0 Å². The number of aliphatic imine (C=N–C) groups is 1. The van der Waals surface area contributed by atoms with E-state index in [4.69, 9.17) is 0 Å². The molecule has 0 amide bonds. The zero-order chi connectivity index (χ0) is 8.72. The number of halogens is 1. The van der Waals surface area contributed by atoms with Gasteiger partial charge in [-0.25, -0.2) is 0 Å². The summed E-state index contributed by atoms with van der Waals surface area (Å²) >= 11 is 0. The molecule has 2 aliphatic carbocycles. The van der Waals surface area contributed by atoms with Gasteiger partial charge < -0.3 is 0 Å². The predicted molar refractivity (Wildman–Crippen MR) is 43.8 cm³/mol.